The van der Waals surface area contributed by atoms with Crippen LogP contribution in [0.25, 0.3) is 0 Å². The van der Waals surface area contributed by atoms with Crippen LogP contribution in [0.15, 0.2) is 12.1 Å². The van der Waals surface area contributed by atoms with Crippen molar-refractivity contribution in [3.05, 3.63) is 17.9 Å². The maximum atomic E-state index is 13.3. The Labute approximate surface area is 109 Å². The molecule has 0 heterocycles. The van der Waals surface area contributed by atoms with E-state index in [1.807, 2.05) is 0 Å². The molecular weight excluding hydrogens is 261 g/mol. The van der Waals surface area contributed by atoms with Crippen molar-refractivity contribution in [2.24, 2.45) is 5.92 Å². The van der Waals surface area contributed by atoms with Crippen LogP contribution in [0.4, 0.5) is 24.5 Å². The van der Waals surface area contributed by atoms with Crippen LogP contribution in [0.5, 0.6) is 5.75 Å². The predicted molar refractivity (Wildman–Crippen MR) is 66.8 cm³/mol. The van der Waals surface area contributed by atoms with Gasteiger partial charge in [0.1, 0.15) is 0 Å². The van der Waals surface area contributed by atoms with E-state index in [9.17, 15) is 13.2 Å². The van der Waals surface area contributed by atoms with Gasteiger partial charge in [-0.1, -0.05) is 6.92 Å². The van der Waals surface area contributed by atoms with Gasteiger partial charge in [0.05, 0.1) is 11.4 Å². The lowest BCUT2D eigenvalue weighted by molar-refractivity contribution is -0.0521. The molecule has 0 spiro atoms. The second kappa shape index (κ2) is 6.51. The number of ether oxygens (including phenoxy) is 1. The van der Waals surface area contributed by atoms with Gasteiger partial charge in [-0.15, -0.1) is 0 Å². The molecule has 1 aromatic rings. The molecule has 1 aromatic carbocycles. The molecule has 0 radical (unpaired) electrons. The zero-order valence-electron chi connectivity index (χ0n) is 10.7. The molecule has 0 saturated heterocycles. The van der Waals surface area contributed by atoms with E-state index in [1.165, 1.54) is 0 Å². The predicted octanol–water partition coefficient (Wildman–Crippen LogP) is 2.44. The number of nitrogens with two attached hydrogens (primary N) is 1. The molecule has 0 aliphatic rings. The number of aliphatic hydroxyl groups is 1. The smallest absolute Gasteiger partial charge is 0.387 e. The maximum absolute atomic E-state index is 13.3. The minimum absolute atomic E-state index is 0.0460. The van der Waals surface area contributed by atoms with Crippen LogP contribution in [0.3, 0.4) is 0 Å². The SMILES string of the molecule is CC(CO)C(C)Nc1cc(OC(F)F)c(F)cc1N. The van der Waals surface area contributed by atoms with Gasteiger partial charge in [-0.25, -0.2) is 4.39 Å². The first kappa shape index (κ1) is 15.4. The molecule has 0 aromatic heterocycles. The largest absolute Gasteiger partial charge is 0.432 e. The molecular formula is C12H17F3N2O2. The molecule has 0 bridgehead atoms. The fourth-order valence-electron chi connectivity index (χ4n) is 1.43. The monoisotopic (exact) mass is 278 g/mol. The minimum atomic E-state index is -3.11. The Bertz CT molecular complexity index is 430. The summed E-state index contributed by atoms with van der Waals surface area (Å²) in [6.07, 6.45) is 0. The molecule has 7 heteroatoms. The van der Waals surface area contributed by atoms with Crippen LogP contribution >= 0.6 is 0 Å². The summed E-state index contributed by atoms with van der Waals surface area (Å²) in [4.78, 5) is 0. The lowest BCUT2D eigenvalue weighted by Gasteiger charge is -2.22. The summed E-state index contributed by atoms with van der Waals surface area (Å²) in [6, 6.07) is 1.82. The molecule has 0 saturated carbocycles. The van der Waals surface area contributed by atoms with Gasteiger partial charge in [-0.3, -0.25) is 0 Å². The number of aliphatic hydroxyl groups excluding tert-OH is 1. The summed E-state index contributed by atoms with van der Waals surface area (Å²) >= 11 is 0. The number of hydrogen-bond acceptors (Lipinski definition) is 4. The van der Waals surface area contributed by atoms with Gasteiger partial charge in [-0.2, -0.15) is 8.78 Å². The number of nitrogens with one attached hydrogen (secondary N) is 1. The number of anilines is 2. The van der Waals surface area contributed by atoms with Gasteiger partial charge in [-0.05, 0) is 12.8 Å². The topological polar surface area (TPSA) is 67.5 Å². The van der Waals surface area contributed by atoms with Crippen molar-refractivity contribution >= 4 is 11.4 Å². The summed E-state index contributed by atoms with van der Waals surface area (Å²) in [7, 11) is 0. The van der Waals surface area contributed by atoms with Crippen molar-refractivity contribution < 1.29 is 23.0 Å². The molecule has 0 aliphatic heterocycles. The van der Waals surface area contributed by atoms with E-state index < -0.39 is 18.2 Å². The van der Waals surface area contributed by atoms with Crippen molar-refractivity contribution in [1.82, 2.24) is 0 Å². The van der Waals surface area contributed by atoms with Crippen LogP contribution in [0, 0.1) is 11.7 Å². The third-order valence-electron chi connectivity index (χ3n) is 2.84. The second-order valence-electron chi connectivity index (χ2n) is 4.34. The Kier molecular flexibility index (Phi) is 5.29. The summed E-state index contributed by atoms with van der Waals surface area (Å²) in [5.74, 6) is -1.61. The summed E-state index contributed by atoms with van der Waals surface area (Å²) in [5, 5.41) is 11.9. The summed E-state index contributed by atoms with van der Waals surface area (Å²) < 4.78 is 41.6. The molecule has 19 heavy (non-hydrogen) atoms. The van der Waals surface area contributed by atoms with E-state index in [2.05, 4.69) is 10.1 Å². The molecule has 4 N–H and O–H groups in total. The zero-order valence-corrected chi connectivity index (χ0v) is 10.7. The molecule has 108 valence electrons. The molecule has 4 nitrogen and oxygen atoms in total. The van der Waals surface area contributed by atoms with E-state index in [0.717, 1.165) is 12.1 Å². The standard InChI is InChI=1S/C12H17F3N2O2/c1-6(5-18)7(2)17-10-4-11(19-12(14)15)8(13)3-9(10)16/h3-4,6-7,12,17-18H,5,16H2,1-2H3. The first-order valence-electron chi connectivity index (χ1n) is 5.76. The number of halogens is 3. The van der Waals surface area contributed by atoms with Crippen molar-refractivity contribution in [3.63, 3.8) is 0 Å². The summed E-state index contributed by atoms with van der Waals surface area (Å²) in [5.41, 5.74) is 5.96. The Balaban J connectivity index is 2.94. The number of rotatable bonds is 6. The first-order valence-corrected chi connectivity index (χ1v) is 5.76. The van der Waals surface area contributed by atoms with E-state index in [0.29, 0.717) is 0 Å². The molecule has 2 unspecified atom stereocenters. The highest BCUT2D eigenvalue weighted by Crippen LogP contribution is 2.30. The Hall–Kier alpha value is -1.63. The van der Waals surface area contributed by atoms with Crippen LogP contribution in [0.1, 0.15) is 13.8 Å². The van der Waals surface area contributed by atoms with Gasteiger partial charge in [0.2, 0.25) is 0 Å². The van der Waals surface area contributed by atoms with Crippen molar-refractivity contribution in [3.8, 4) is 5.75 Å². The molecule has 0 amide bonds. The molecule has 2 atom stereocenters. The number of nitrogen functional groups attached to an aromatic ring is 1. The summed E-state index contributed by atoms with van der Waals surface area (Å²) in [6.45, 7) is 0.431. The van der Waals surface area contributed by atoms with Crippen LogP contribution in [0.2, 0.25) is 0 Å². The third kappa shape index (κ3) is 4.20. The maximum Gasteiger partial charge on any atom is 0.387 e. The molecule has 0 aliphatic carbocycles. The van der Waals surface area contributed by atoms with E-state index in [-0.39, 0.29) is 29.9 Å². The van der Waals surface area contributed by atoms with Gasteiger partial charge in [0.25, 0.3) is 0 Å². The van der Waals surface area contributed by atoms with Gasteiger partial charge < -0.3 is 20.9 Å². The van der Waals surface area contributed by atoms with Crippen molar-refractivity contribution in [2.75, 3.05) is 17.7 Å². The van der Waals surface area contributed by atoms with Gasteiger partial charge in [0, 0.05) is 24.8 Å². The highest BCUT2D eigenvalue weighted by molar-refractivity contribution is 5.69. The lowest BCUT2D eigenvalue weighted by atomic mass is 10.0. The fourth-order valence-corrected chi connectivity index (χ4v) is 1.43. The second-order valence-corrected chi connectivity index (χ2v) is 4.34. The fraction of sp³-hybridized carbons (Fsp3) is 0.500. The number of benzene rings is 1. The minimum Gasteiger partial charge on any atom is -0.432 e. The normalized spacial score (nSPS) is 14.3. The average Bonchev–Trinajstić information content (AvgIpc) is 2.33. The van der Waals surface area contributed by atoms with Crippen LogP contribution < -0.4 is 15.8 Å². The van der Waals surface area contributed by atoms with Gasteiger partial charge in [0.15, 0.2) is 11.6 Å². The Morgan fingerprint density at radius 1 is 1.37 bits per heavy atom. The number of alkyl halides is 2. The lowest BCUT2D eigenvalue weighted by Crippen LogP contribution is -2.26. The molecule has 1 rings (SSSR count). The van der Waals surface area contributed by atoms with Gasteiger partial charge >= 0.3 is 6.61 Å². The van der Waals surface area contributed by atoms with Crippen LogP contribution in [-0.2, 0) is 0 Å². The quantitative estimate of drug-likeness (QED) is 0.699. The van der Waals surface area contributed by atoms with Crippen molar-refractivity contribution in [2.45, 2.75) is 26.5 Å². The van der Waals surface area contributed by atoms with Crippen LogP contribution in [-0.4, -0.2) is 24.4 Å². The average molecular weight is 278 g/mol. The van der Waals surface area contributed by atoms with Crippen molar-refractivity contribution in [1.29, 1.82) is 0 Å². The Morgan fingerprint density at radius 2 is 2.00 bits per heavy atom. The van der Waals surface area contributed by atoms with E-state index in [4.69, 9.17) is 10.8 Å². The number of hydrogen-bond donors (Lipinski definition) is 3. The highest BCUT2D eigenvalue weighted by Gasteiger charge is 2.16. The Morgan fingerprint density at radius 3 is 2.53 bits per heavy atom. The van der Waals surface area contributed by atoms with E-state index in [1.54, 1.807) is 13.8 Å². The van der Waals surface area contributed by atoms with E-state index >= 15 is 0 Å². The highest BCUT2D eigenvalue weighted by atomic mass is 19.3. The molecule has 0 fully saturated rings. The first-order chi connectivity index (χ1) is 8.85. The third-order valence-corrected chi connectivity index (χ3v) is 2.84. The zero-order chi connectivity index (χ0) is 14.6.